The molecule has 0 fully saturated rings. The summed E-state index contributed by atoms with van der Waals surface area (Å²) in [6.07, 6.45) is 6.49. The second-order valence-electron chi connectivity index (χ2n) is 4.29. The quantitative estimate of drug-likeness (QED) is 0.427. The van der Waals surface area contributed by atoms with Crippen molar-refractivity contribution >= 4 is 19.6 Å². The second-order valence-corrected chi connectivity index (χ2v) is 7.03. The monoisotopic (exact) mass is 320 g/mol. The van der Waals surface area contributed by atoms with E-state index in [0.29, 0.717) is 19.0 Å². The highest BCUT2D eigenvalue weighted by atomic mass is 32.2. The molecule has 116 valence electrons. The summed E-state index contributed by atoms with van der Waals surface area (Å²) in [5.74, 6) is 1.58. The number of hydrogen-bond donors (Lipinski definition) is 0. The highest BCUT2D eigenvalue weighted by Gasteiger charge is 2.29. The largest absolute Gasteiger partial charge is 0.530 e. The number of phosphoric acid groups is 1. The lowest BCUT2D eigenvalue weighted by Gasteiger charge is -2.22. The first-order valence-corrected chi connectivity index (χ1v) is 9.76. The van der Waals surface area contributed by atoms with Crippen LogP contribution in [0.5, 0.6) is 0 Å². The zero-order chi connectivity index (χ0) is 14.8. The Labute approximate surface area is 126 Å². The van der Waals surface area contributed by atoms with Gasteiger partial charge in [-0.2, -0.15) is 0 Å². The van der Waals surface area contributed by atoms with Gasteiger partial charge in [0.15, 0.2) is 0 Å². The zero-order valence-corrected chi connectivity index (χ0v) is 14.3. The summed E-state index contributed by atoms with van der Waals surface area (Å²) in [6, 6.07) is 0. The maximum absolute atomic E-state index is 12.5. The first-order valence-electron chi connectivity index (χ1n) is 7.25. The van der Waals surface area contributed by atoms with Gasteiger partial charge in [0.25, 0.3) is 0 Å². The Bertz CT molecular complexity index is 383. The van der Waals surface area contributed by atoms with Crippen molar-refractivity contribution in [2.24, 2.45) is 0 Å². The van der Waals surface area contributed by atoms with Crippen LogP contribution in [0.1, 0.15) is 46.5 Å². The van der Waals surface area contributed by atoms with E-state index in [-0.39, 0.29) is 0 Å². The maximum Gasteiger partial charge on any atom is 0.530 e. The van der Waals surface area contributed by atoms with Crippen molar-refractivity contribution in [2.45, 2.75) is 46.5 Å². The predicted molar refractivity (Wildman–Crippen MR) is 84.7 cm³/mol. The van der Waals surface area contributed by atoms with Crippen molar-refractivity contribution in [1.29, 1.82) is 0 Å². The summed E-state index contributed by atoms with van der Waals surface area (Å²) < 4.78 is 28.5. The molecular weight excluding hydrogens is 295 g/mol. The van der Waals surface area contributed by atoms with Gasteiger partial charge in [0, 0.05) is 5.41 Å². The van der Waals surface area contributed by atoms with E-state index >= 15 is 0 Å². The van der Waals surface area contributed by atoms with Crippen LogP contribution in [0.4, 0.5) is 0 Å². The summed E-state index contributed by atoms with van der Waals surface area (Å²) in [6.45, 7) is 6.21. The van der Waals surface area contributed by atoms with Crippen molar-refractivity contribution < 1.29 is 18.1 Å². The molecule has 0 saturated heterocycles. The Hall–Kier alpha value is -0.220. The minimum absolute atomic E-state index is 0.296. The smallest absolute Gasteiger partial charge is 0.403 e. The van der Waals surface area contributed by atoms with E-state index in [2.05, 4.69) is 13.0 Å². The maximum atomic E-state index is 12.5. The van der Waals surface area contributed by atoms with Gasteiger partial charge in [-0.25, -0.2) is 4.57 Å². The SMILES string of the molecule is CCOP(=O)(OCC)O/C(=C\SCC)C1=CCCCC1. The molecule has 0 unspecified atom stereocenters. The molecule has 6 heteroatoms. The van der Waals surface area contributed by atoms with E-state index < -0.39 is 7.82 Å². The van der Waals surface area contributed by atoms with Gasteiger partial charge >= 0.3 is 7.82 Å². The molecule has 0 amide bonds. The second kappa shape index (κ2) is 9.67. The van der Waals surface area contributed by atoms with E-state index in [4.69, 9.17) is 13.6 Å². The molecule has 1 aliphatic carbocycles. The Morgan fingerprint density at radius 3 is 2.50 bits per heavy atom. The third kappa shape index (κ3) is 6.04. The normalized spacial score (nSPS) is 16.9. The molecule has 0 aliphatic heterocycles. The van der Waals surface area contributed by atoms with Gasteiger partial charge in [0.1, 0.15) is 5.76 Å². The van der Waals surface area contributed by atoms with Gasteiger partial charge in [-0.15, -0.1) is 11.8 Å². The Balaban J connectivity index is 2.87. The number of rotatable bonds is 9. The fourth-order valence-corrected chi connectivity index (χ4v) is 3.72. The van der Waals surface area contributed by atoms with Crippen LogP contribution >= 0.6 is 19.6 Å². The molecule has 0 atom stereocenters. The topological polar surface area (TPSA) is 44.8 Å². The van der Waals surface area contributed by atoms with E-state index in [1.54, 1.807) is 25.6 Å². The van der Waals surface area contributed by atoms with Crippen molar-refractivity contribution in [2.75, 3.05) is 19.0 Å². The Kier molecular flexibility index (Phi) is 8.62. The van der Waals surface area contributed by atoms with E-state index in [1.807, 2.05) is 5.41 Å². The van der Waals surface area contributed by atoms with Crippen LogP contribution < -0.4 is 0 Å². The minimum atomic E-state index is -3.50. The first kappa shape index (κ1) is 17.8. The van der Waals surface area contributed by atoms with Crippen LogP contribution in [0.15, 0.2) is 22.8 Å². The average Bonchev–Trinajstić information content (AvgIpc) is 2.45. The van der Waals surface area contributed by atoms with Gasteiger partial charge in [0.2, 0.25) is 0 Å². The molecule has 0 N–H and O–H groups in total. The Morgan fingerprint density at radius 1 is 1.30 bits per heavy atom. The summed E-state index contributed by atoms with van der Waals surface area (Å²) in [5, 5.41) is 1.92. The summed E-state index contributed by atoms with van der Waals surface area (Å²) in [7, 11) is -3.50. The molecule has 0 heterocycles. The van der Waals surface area contributed by atoms with E-state index in [9.17, 15) is 4.57 Å². The van der Waals surface area contributed by atoms with Crippen LogP contribution in [-0.4, -0.2) is 19.0 Å². The molecule has 0 spiro atoms. The molecule has 0 aromatic carbocycles. The minimum Gasteiger partial charge on any atom is -0.403 e. The molecule has 0 bridgehead atoms. The van der Waals surface area contributed by atoms with Gasteiger partial charge in [-0.05, 0) is 50.9 Å². The van der Waals surface area contributed by atoms with Crippen LogP contribution in [0.2, 0.25) is 0 Å². The highest BCUT2D eigenvalue weighted by molar-refractivity contribution is 8.02. The van der Waals surface area contributed by atoms with E-state index in [0.717, 1.165) is 30.6 Å². The van der Waals surface area contributed by atoms with Crippen LogP contribution in [0.25, 0.3) is 0 Å². The third-order valence-electron chi connectivity index (χ3n) is 2.75. The Morgan fingerprint density at radius 2 is 2.00 bits per heavy atom. The molecule has 1 aliphatic rings. The number of allylic oxidation sites excluding steroid dienone is 2. The lowest BCUT2D eigenvalue weighted by Crippen LogP contribution is -2.04. The van der Waals surface area contributed by atoms with Gasteiger partial charge in [0.05, 0.1) is 13.2 Å². The fraction of sp³-hybridized carbons (Fsp3) is 0.714. The number of thioether (sulfide) groups is 1. The van der Waals surface area contributed by atoms with Crippen molar-refractivity contribution in [3.8, 4) is 0 Å². The van der Waals surface area contributed by atoms with Crippen LogP contribution in [-0.2, 0) is 18.1 Å². The molecule has 1 rings (SSSR count). The fourth-order valence-electron chi connectivity index (χ4n) is 1.90. The van der Waals surface area contributed by atoms with E-state index in [1.165, 1.54) is 6.42 Å². The summed E-state index contributed by atoms with van der Waals surface area (Å²) in [5.41, 5.74) is 1.11. The molecular formula is C14H25O4PS. The number of hydrogen-bond acceptors (Lipinski definition) is 5. The van der Waals surface area contributed by atoms with Crippen molar-refractivity contribution in [1.82, 2.24) is 0 Å². The van der Waals surface area contributed by atoms with Crippen molar-refractivity contribution in [3.63, 3.8) is 0 Å². The summed E-state index contributed by atoms with van der Waals surface area (Å²) in [4.78, 5) is 0. The molecule has 20 heavy (non-hydrogen) atoms. The van der Waals surface area contributed by atoms with Gasteiger partial charge in [-0.3, -0.25) is 9.05 Å². The standard InChI is InChI=1S/C14H25O4PS/c1-4-16-19(15,17-5-2)18-14(12-20-6-3)13-10-8-7-9-11-13/h10,12H,4-9,11H2,1-3H3/b14-12-. The predicted octanol–water partition coefficient (Wildman–Crippen LogP) is 5.28. The van der Waals surface area contributed by atoms with Gasteiger partial charge in [-0.1, -0.05) is 13.0 Å². The van der Waals surface area contributed by atoms with Gasteiger partial charge < -0.3 is 4.52 Å². The average molecular weight is 320 g/mol. The zero-order valence-electron chi connectivity index (χ0n) is 12.6. The number of phosphoric ester groups is 1. The molecule has 0 aromatic heterocycles. The summed E-state index contributed by atoms with van der Waals surface area (Å²) >= 11 is 1.63. The highest BCUT2D eigenvalue weighted by Crippen LogP contribution is 2.52. The molecule has 0 saturated carbocycles. The third-order valence-corrected chi connectivity index (χ3v) is 5.03. The first-order chi connectivity index (χ1) is 9.65. The van der Waals surface area contributed by atoms with Crippen LogP contribution in [0.3, 0.4) is 0 Å². The molecule has 0 aromatic rings. The van der Waals surface area contributed by atoms with Crippen LogP contribution in [0, 0.1) is 0 Å². The molecule has 0 radical (unpaired) electrons. The molecule has 4 nitrogen and oxygen atoms in total. The van der Waals surface area contributed by atoms with Crippen molar-refractivity contribution in [3.05, 3.63) is 22.8 Å². The lowest BCUT2D eigenvalue weighted by atomic mass is 9.99. The lowest BCUT2D eigenvalue weighted by molar-refractivity contribution is 0.147.